The van der Waals surface area contributed by atoms with Crippen molar-refractivity contribution in [3.63, 3.8) is 0 Å². The first-order valence-corrected chi connectivity index (χ1v) is 11.3. The minimum Gasteiger partial charge on any atom is -0.256 e. The minimum atomic E-state index is -1.13. The average molecular weight is 517 g/mol. The molecule has 2 aliphatic carbocycles. The lowest BCUT2D eigenvalue weighted by Crippen LogP contribution is -2.04. The van der Waals surface area contributed by atoms with Gasteiger partial charge in [-0.2, -0.15) is 15.0 Å². The van der Waals surface area contributed by atoms with Gasteiger partial charge in [0.15, 0.2) is 0 Å². The van der Waals surface area contributed by atoms with Gasteiger partial charge >= 0.3 is 5.82 Å². The highest BCUT2D eigenvalue weighted by Crippen LogP contribution is 2.60. The quantitative estimate of drug-likeness (QED) is 0.256. The van der Waals surface area contributed by atoms with Gasteiger partial charge in [-0.05, 0) is 34.4 Å². The molecule has 0 amide bonds. The number of pyridine rings is 1. The van der Waals surface area contributed by atoms with Gasteiger partial charge in [0, 0.05) is 28.5 Å². The predicted octanol–water partition coefficient (Wildman–Crippen LogP) is 7.87. The number of nitrogens with zero attached hydrogens (tertiary/aromatic N) is 7. The fourth-order valence-electron chi connectivity index (χ4n) is 5.00. The highest BCUT2D eigenvalue weighted by molar-refractivity contribution is 6.19. The van der Waals surface area contributed by atoms with Crippen molar-refractivity contribution in [1.29, 1.82) is 10.5 Å². The number of allylic oxidation sites excluding steroid dienone is 6. The molecule has 0 spiro atoms. The van der Waals surface area contributed by atoms with Crippen molar-refractivity contribution in [2.24, 2.45) is 0 Å². The molecular weight excluding hydrogens is 508 g/mol. The Labute approximate surface area is 227 Å². The van der Waals surface area contributed by atoms with Crippen LogP contribution in [0.25, 0.3) is 64.2 Å². The SMILES string of the molecule is [C-]#[N+]C([N+]#[C-])=C1C(F)=C([N+]#[C-])c2c1c(-c1ccccc1)c1c(c2-c2ccccn2)C(C#N)=C(F)/C1=C(\C#N)[N+]#[C-]. The zero-order valence-corrected chi connectivity index (χ0v) is 20.1. The largest absolute Gasteiger partial charge is 0.528 e. The van der Waals surface area contributed by atoms with E-state index in [9.17, 15) is 10.5 Å². The summed E-state index contributed by atoms with van der Waals surface area (Å²) in [6.45, 7) is 30.5. The average Bonchev–Trinajstić information content (AvgIpc) is 3.44. The lowest BCUT2D eigenvalue weighted by atomic mass is 9.80. The van der Waals surface area contributed by atoms with E-state index in [1.165, 1.54) is 12.3 Å². The first kappa shape index (κ1) is 25.0. The van der Waals surface area contributed by atoms with Gasteiger partial charge in [0.2, 0.25) is 5.70 Å². The molecule has 7 nitrogen and oxygen atoms in total. The smallest absolute Gasteiger partial charge is 0.256 e. The van der Waals surface area contributed by atoms with Gasteiger partial charge in [0.1, 0.15) is 36.4 Å². The number of rotatable bonds is 2. The summed E-state index contributed by atoms with van der Waals surface area (Å²) in [5.74, 6) is -2.91. The molecule has 0 N–H and O–H groups in total. The second kappa shape index (κ2) is 9.67. The van der Waals surface area contributed by atoms with E-state index >= 15 is 8.78 Å². The summed E-state index contributed by atoms with van der Waals surface area (Å²) >= 11 is 0. The molecule has 0 aliphatic heterocycles. The third-order valence-electron chi connectivity index (χ3n) is 6.45. The molecule has 0 saturated carbocycles. The van der Waals surface area contributed by atoms with Crippen LogP contribution in [-0.4, -0.2) is 4.98 Å². The van der Waals surface area contributed by atoms with Gasteiger partial charge < -0.3 is 0 Å². The van der Waals surface area contributed by atoms with E-state index < -0.39 is 45.6 Å². The number of hydrogen-bond donors (Lipinski definition) is 0. The first-order chi connectivity index (χ1) is 19.5. The molecule has 5 rings (SSSR count). The molecule has 3 aromatic rings. The molecule has 9 heteroatoms. The molecule has 0 atom stereocenters. The Morgan fingerprint density at radius 3 is 1.95 bits per heavy atom. The number of nitriles is 2. The highest BCUT2D eigenvalue weighted by Gasteiger charge is 2.45. The number of aromatic nitrogens is 1. The van der Waals surface area contributed by atoms with Crippen LogP contribution in [-0.2, 0) is 0 Å². The number of halogens is 2. The Kier molecular flexibility index (Phi) is 6.05. The molecular formula is C31H9F2N7. The van der Waals surface area contributed by atoms with Gasteiger partial charge in [0.05, 0.1) is 30.5 Å². The Morgan fingerprint density at radius 1 is 0.725 bits per heavy atom. The lowest BCUT2D eigenvalue weighted by Gasteiger charge is -2.22. The van der Waals surface area contributed by atoms with E-state index in [0.717, 1.165) is 0 Å². The second-order valence-corrected chi connectivity index (χ2v) is 8.28. The molecule has 1 aromatic heterocycles. The Hall–Kier alpha value is -6.65. The van der Waals surface area contributed by atoms with Crippen LogP contribution < -0.4 is 0 Å². The molecule has 1 heterocycles. The van der Waals surface area contributed by atoms with Crippen molar-refractivity contribution in [2.45, 2.75) is 0 Å². The number of hydrogen-bond acceptors (Lipinski definition) is 3. The van der Waals surface area contributed by atoms with Crippen LogP contribution in [0, 0.1) is 49.0 Å². The van der Waals surface area contributed by atoms with Crippen molar-refractivity contribution in [1.82, 2.24) is 4.98 Å². The van der Waals surface area contributed by atoms with Crippen molar-refractivity contribution in [2.75, 3.05) is 0 Å². The summed E-state index contributed by atoms with van der Waals surface area (Å²) in [5, 5.41) is 19.9. The van der Waals surface area contributed by atoms with Crippen LogP contribution in [0.4, 0.5) is 8.78 Å². The van der Waals surface area contributed by atoms with E-state index in [2.05, 4.69) is 24.4 Å². The van der Waals surface area contributed by atoms with Crippen LogP contribution in [0.5, 0.6) is 0 Å². The molecule has 0 radical (unpaired) electrons. The maximum absolute atomic E-state index is 16.1. The molecule has 0 fully saturated rings. The topological polar surface area (TPSA) is 77.9 Å². The number of benzene rings is 2. The molecule has 0 saturated heterocycles. The second-order valence-electron chi connectivity index (χ2n) is 8.28. The van der Waals surface area contributed by atoms with Crippen LogP contribution in [0.2, 0.25) is 0 Å². The van der Waals surface area contributed by atoms with Crippen molar-refractivity contribution in [3.05, 3.63) is 146 Å². The predicted molar refractivity (Wildman–Crippen MR) is 143 cm³/mol. The van der Waals surface area contributed by atoms with Crippen LogP contribution in [0.1, 0.15) is 22.3 Å². The molecule has 2 aliphatic rings. The monoisotopic (exact) mass is 517 g/mol. The van der Waals surface area contributed by atoms with E-state index in [1.807, 2.05) is 6.07 Å². The summed E-state index contributed by atoms with van der Waals surface area (Å²) in [6.07, 6.45) is 1.42. The van der Waals surface area contributed by atoms with E-state index in [1.54, 1.807) is 48.5 Å². The number of fused-ring (bicyclic) bond motifs is 2. The van der Waals surface area contributed by atoms with Gasteiger partial charge in [0.25, 0.3) is 5.70 Å². The lowest BCUT2D eigenvalue weighted by molar-refractivity contribution is 0.680. The summed E-state index contributed by atoms with van der Waals surface area (Å²) < 4.78 is 32.2. The molecule has 182 valence electrons. The normalized spacial score (nSPS) is 14.2. The van der Waals surface area contributed by atoms with E-state index in [0.29, 0.717) is 5.56 Å². The summed E-state index contributed by atoms with van der Waals surface area (Å²) in [4.78, 5) is 17.3. The van der Waals surface area contributed by atoms with Gasteiger partial charge in [-0.3, -0.25) is 4.98 Å². The third-order valence-corrected chi connectivity index (χ3v) is 6.45. The molecule has 2 aromatic carbocycles. The maximum Gasteiger partial charge on any atom is 0.528 e. The van der Waals surface area contributed by atoms with Crippen molar-refractivity contribution < 1.29 is 8.78 Å². The summed E-state index contributed by atoms with van der Waals surface area (Å²) in [6, 6.07) is 16.5. The Morgan fingerprint density at radius 2 is 1.40 bits per heavy atom. The third kappa shape index (κ3) is 3.31. The molecule has 0 unspecified atom stereocenters. The zero-order chi connectivity index (χ0) is 28.6. The van der Waals surface area contributed by atoms with Gasteiger partial charge in [-0.25, -0.2) is 23.7 Å². The first-order valence-electron chi connectivity index (χ1n) is 11.3. The summed E-state index contributed by atoms with van der Waals surface area (Å²) in [7, 11) is 0. The highest BCUT2D eigenvalue weighted by atomic mass is 19.1. The summed E-state index contributed by atoms with van der Waals surface area (Å²) in [5.41, 5.74) is -2.26. The van der Waals surface area contributed by atoms with Crippen molar-refractivity contribution >= 4 is 22.4 Å². The molecule has 40 heavy (non-hydrogen) atoms. The Balaban J connectivity index is 2.23. The van der Waals surface area contributed by atoms with E-state index in [4.69, 9.17) is 26.3 Å². The fraction of sp³-hybridized carbons (Fsp3) is 0. The van der Waals surface area contributed by atoms with E-state index in [-0.39, 0.29) is 39.1 Å². The van der Waals surface area contributed by atoms with Gasteiger partial charge in [-0.1, -0.05) is 36.4 Å². The maximum atomic E-state index is 16.1. The molecule has 0 bridgehead atoms. The Bertz CT molecular complexity index is 1920. The van der Waals surface area contributed by atoms with Crippen LogP contribution >= 0.6 is 0 Å². The minimum absolute atomic E-state index is 0.0136. The zero-order valence-electron chi connectivity index (χ0n) is 20.1. The van der Waals surface area contributed by atoms with Crippen LogP contribution in [0.15, 0.2) is 77.9 Å². The van der Waals surface area contributed by atoms with Crippen molar-refractivity contribution in [3.8, 4) is 34.5 Å². The standard InChI is InChI=1S/C31H9F2N7/c1-36-19(15-35)23-24-20(16-10-6-5-7-11-16)25-26(30(37-2)29(33)27(25)31(38-3)39-4)22(18-12-8-9-13-40-18)21(24)17(14-34)28(23)32/h5-13H/b23-19+. The fourth-order valence-corrected chi connectivity index (χ4v) is 5.00. The van der Waals surface area contributed by atoms with Gasteiger partial charge in [-0.15, -0.1) is 0 Å². The van der Waals surface area contributed by atoms with Crippen LogP contribution in [0.3, 0.4) is 0 Å².